The van der Waals surface area contributed by atoms with Gasteiger partial charge in [-0.2, -0.15) is 0 Å². The van der Waals surface area contributed by atoms with E-state index in [4.69, 9.17) is 0 Å². The molecule has 5 heteroatoms. The number of carbonyl (C=O) groups is 1. The van der Waals surface area contributed by atoms with Gasteiger partial charge in [0.1, 0.15) is 5.82 Å². The van der Waals surface area contributed by atoms with Gasteiger partial charge in [-0.15, -0.1) is 12.4 Å². The lowest BCUT2D eigenvalue weighted by molar-refractivity contribution is -0.120. The fraction of sp³-hybridized carbons (Fsp3) is 0.417. The zero-order valence-electron chi connectivity index (χ0n) is 9.83. The Hall–Kier alpha value is -1.13. The van der Waals surface area contributed by atoms with Crippen LogP contribution < -0.4 is 10.6 Å². The lowest BCUT2D eigenvalue weighted by Crippen LogP contribution is -2.32. The first-order valence-electron chi connectivity index (χ1n) is 5.44. The Labute approximate surface area is 107 Å². The van der Waals surface area contributed by atoms with Crippen molar-refractivity contribution in [1.29, 1.82) is 0 Å². The number of amides is 1. The first kappa shape index (κ1) is 15.9. The van der Waals surface area contributed by atoms with Crippen LogP contribution in [0.3, 0.4) is 0 Å². The summed E-state index contributed by atoms with van der Waals surface area (Å²) in [6.45, 7) is 4.30. The molecule has 1 rings (SSSR count). The number of rotatable bonds is 6. The topological polar surface area (TPSA) is 41.1 Å². The van der Waals surface area contributed by atoms with E-state index in [1.165, 1.54) is 12.1 Å². The summed E-state index contributed by atoms with van der Waals surface area (Å²) in [5.74, 6) is -0.319. The van der Waals surface area contributed by atoms with Crippen molar-refractivity contribution in [3.63, 3.8) is 0 Å². The Morgan fingerprint density at radius 1 is 1.24 bits per heavy atom. The van der Waals surface area contributed by atoms with Crippen LogP contribution in [0.4, 0.5) is 4.39 Å². The largest absolute Gasteiger partial charge is 0.355 e. The van der Waals surface area contributed by atoms with E-state index in [2.05, 4.69) is 10.6 Å². The van der Waals surface area contributed by atoms with Crippen LogP contribution in [0.15, 0.2) is 24.3 Å². The zero-order chi connectivity index (χ0) is 11.8. The van der Waals surface area contributed by atoms with Crippen molar-refractivity contribution in [1.82, 2.24) is 10.6 Å². The number of nitrogens with one attached hydrogen (secondary N) is 2. The molecule has 2 N–H and O–H groups in total. The van der Waals surface area contributed by atoms with Gasteiger partial charge in [0.05, 0.1) is 6.42 Å². The van der Waals surface area contributed by atoms with Crippen molar-refractivity contribution in [2.75, 3.05) is 19.6 Å². The third kappa shape index (κ3) is 6.92. The van der Waals surface area contributed by atoms with Crippen LogP contribution in [0.25, 0.3) is 0 Å². The van der Waals surface area contributed by atoms with E-state index in [0.717, 1.165) is 18.7 Å². The summed E-state index contributed by atoms with van der Waals surface area (Å²) in [7, 11) is 0. The van der Waals surface area contributed by atoms with Gasteiger partial charge < -0.3 is 10.6 Å². The molecule has 0 unspecified atom stereocenters. The van der Waals surface area contributed by atoms with E-state index in [-0.39, 0.29) is 24.1 Å². The molecule has 0 saturated heterocycles. The zero-order valence-corrected chi connectivity index (χ0v) is 10.6. The van der Waals surface area contributed by atoms with E-state index in [9.17, 15) is 9.18 Å². The highest BCUT2D eigenvalue weighted by Crippen LogP contribution is 2.03. The average molecular weight is 261 g/mol. The third-order valence-corrected chi connectivity index (χ3v) is 2.15. The number of benzene rings is 1. The van der Waals surface area contributed by atoms with Crippen LogP contribution in [0.1, 0.15) is 12.5 Å². The summed E-state index contributed by atoms with van der Waals surface area (Å²) in [6, 6.07) is 5.97. The summed E-state index contributed by atoms with van der Waals surface area (Å²) in [5.41, 5.74) is 0.822. The molecule has 0 aliphatic carbocycles. The molecule has 0 fully saturated rings. The molecule has 0 radical (unpaired) electrons. The molecule has 0 atom stereocenters. The van der Waals surface area contributed by atoms with Crippen LogP contribution in [0.5, 0.6) is 0 Å². The van der Waals surface area contributed by atoms with Gasteiger partial charge in [0, 0.05) is 13.1 Å². The van der Waals surface area contributed by atoms with E-state index in [1.807, 2.05) is 6.92 Å². The van der Waals surface area contributed by atoms with Gasteiger partial charge in [-0.1, -0.05) is 19.1 Å². The van der Waals surface area contributed by atoms with Gasteiger partial charge in [0.15, 0.2) is 0 Å². The van der Waals surface area contributed by atoms with Gasteiger partial charge in [-0.05, 0) is 24.2 Å². The Morgan fingerprint density at radius 2 is 1.88 bits per heavy atom. The second-order valence-electron chi connectivity index (χ2n) is 3.51. The van der Waals surface area contributed by atoms with Crippen LogP contribution in [0.2, 0.25) is 0 Å². The maximum absolute atomic E-state index is 12.6. The molecular weight excluding hydrogens is 243 g/mol. The Balaban J connectivity index is 0.00000256. The maximum atomic E-state index is 12.6. The average Bonchev–Trinajstić information content (AvgIpc) is 2.28. The van der Waals surface area contributed by atoms with E-state index < -0.39 is 0 Å². The van der Waals surface area contributed by atoms with Crippen LogP contribution in [-0.4, -0.2) is 25.5 Å². The minimum atomic E-state index is -0.281. The lowest BCUT2D eigenvalue weighted by atomic mass is 10.1. The smallest absolute Gasteiger partial charge is 0.224 e. The standard InChI is InChI=1S/C12H17FN2O.ClH/c1-2-14-7-8-15-12(16)9-10-3-5-11(13)6-4-10;/h3-6,14H,2,7-9H2,1H3,(H,15,16);1H. The molecule has 0 bridgehead atoms. The quantitative estimate of drug-likeness (QED) is 0.762. The highest BCUT2D eigenvalue weighted by Gasteiger charge is 2.02. The summed E-state index contributed by atoms with van der Waals surface area (Å²) >= 11 is 0. The molecule has 96 valence electrons. The summed E-state index contributed by atoms with van der Waals surface area (Å²) < 4.78 is 12.6. The van der Waals surface area contributed by atoms with E-state index in [1.54, 1.807) is 12.1 Å². The predicted octanol–water partition coefficient (Wildman–Crippen LogP) is 1.52. The molecule has 1 amide bonds. The first-order valence-corrected chi connectivity index (χ1v) is 5.44. The molecule has 0 aliphatic heterocycles. The van der Waals surface area contributed by atoms with E-state index >= 15 is 0 Å². The second kappa shape index (κ2) is 8.96. The number of hydrogen-bond donors (Lipinski definition) is 2. The minimum Gasteiger partial charge on any atom is -0.355 e. The van der Waals surface area contributed by atoms with Crippen molar-refractivity contribution < 1.29 is 9.18 Å². The van der Waals surface area contributed by atoms with Crippen LogP contribution in [0, 0.1) is 5.82 Å². The number of carbonyl (C=O) groups excluding carboxylic acids is 1. The van der Waals surface area contributed by atoms with Gasteiger partial charge in [-0.25, -0.2) is 4.39 Å². The fourth-order valence-electron chi connectivity index (χ4n) is 1.32. The van der Waals surface area contributed by atoms with Crippen LogP contribution >= 0.6 is 12.4 Å². The highest BCUT2D eigenvalue weighted by molar-refractivity contribution is 5.85. The molecule has 0 aliphatic rings. The summed E-state index contributed by atoms with van der Waals surface area (Å²) in [5, 5.41) is 5.90. The van der Waals surface area contributed by atoms with Gasteiger partial charge in [0.25, 0.3) is 0 Å². The normalized spacial score (nSPS) is 9.53. The predicted molar refractivity (Wildman–Crippen MR) is 68.9 cm³/mol. The molecule has 1 aromatic rings. The van der Waals surface area contributed by atoms with Crippen molar-refractivity contribution >= 4 is 18.3 Å². The second-order valence-corrected chi connectivity index (χ2v) is 3.51. The SMILES string of the molecule is CCNCCNC(=O)Cc1ccc(F)cc1.Cl. The molecule has 17 heavy (non-hydrogen) atoms. The fourth-order valence-corrected chi connectivity index (χ4v) is 1.32. The van der Waals surface area contributed by atoms with Crippen molar-refractivity contribution in [3.8, 4) is 0 Å². The summed E-state index contributed by atoms with van der Waals surface area (Å²) in [4.78, 5) is 11.4. The molecule has 0 aromatic heterocycles. The monoisotopic (exact) mass is 260 g/mol. The van der Waals surface area contributed by atoms with Gasteiger partial charge >= 0.3 is 0 Å². The number of likely N-dealkylation sites (N-methyl/N-ethyl adjacent to an activating group) is 1. The van der Waals surface area contributed by atoms with Gasteiger partial charge in [0.2, 0.25) is 5.91 Å². The number of halogens is 2. The van der Waals surface area contributed by atoms with E-state index in [0.29, 0.717) is 13.0 Å². The molecule has 0 saturated carbocycles. The first-order chi connectivity index (χ1) is 7.72. The summed E-state index contributed by atoms with van der Waals surface area (Å²) in [6.07, 6.45) is 0.298. The van der Waals surface area contributed by atoms with Crippen molar-refractivity contribution in [2.45, 2.75) is 13.3 Å². The Bertz CT molecular complexity index is 330. The Morgan fingerprint density at radius 3 is 2.47 bits per heavy atom. The number of hydrogen-bond acceptors (Lipinski definition) is 2. The lowest BCUT2D eigenvalue weighted by Gasteiger charge is -2.05. The van der Waals surface area contributed by atoms with Crippen molar-refractivity contribution in [2.24, 2.45) is 0 Å². The third-order valence-electron chi connectivity index (χ3n) is 2.15. The molecular formula is C12H18ClFN2O. The highest BCUT2D eigenvalue weighted by atomic mass is 35.5. The Kier molecular flexibility index (Phi) is 8.36. The molecule has 0 heterocycles. The molecule has 1 aromatic carbocycles. The van der Waals surface area contributed by atoms with Gasteiger partial charge in [-0.3, -0.25) is 4.79 Å². The minimum absolute atomic E-state index is 0. The van der Waals surface area contributed by atoms with Crippen LogP contribution in [-0.2, 0) is 11.2 Å². The molecule has 3 nitrogen and oxygen atoms in total. The molecule has 0 spiro atoms. The van der Waals surface area contributed by atoms with Crippen molar-refractivity contribution in [3.05, 3.63) is 35.6 Å². The maximum Gasteiger partial charge on any atom is 0.224 e.